The van der Waals surface area contributed by atoms with Crippen LogP contribution in [-0.4, -0.2) is 57.3 Å². The fourth-order valence-electron chi connectivity index (χ4n) is 6.43. The number of allylic oxidation sites excluding steroid dienone is 8. The second kappa shape index (κ2) is 40.5. The number of hydrogen-bond donors (Lipinski definition) is 5. The number of nitrogens with one attached hydrogen (secondary N) is 1. The zero-order chi connectivity index (χ0) is 38.2. The van der Waals surface area contributed by atoms with Gasteiger partial charge in [0.2, 0.25) is 5.91 Å². The summed E-state index contributed by atoms with van der Waals surface area (Å²) < 4.78 is 0. The SMILES string of the molecule is CCCCCCCC/C=C\CCCCC(O)C(=O)NC(CO)C(O)C(O)CCC/C=C/CC/C=C/CC/C=C/CCCCCCCCCCCCC. The largest absolute Gasteiger partial charge is 0.394 e. The smallest absolute Gasteiger partial charge is 0.249 e. The third-order valence-corrected chi connectivity index (χ3v) is 9.97. The van der Waals surface area contributed by atoms with Crippen molar-refractivity contribution >= 4 is 5.91 Å². The van der Waals surface area contributed by atoms with Gasteiger partial charge in [0.25, 0.3) is 0 Å². The second-order valence-electron chi connectivity index (χ2n) is 15.0. The van der Waals surface area contributed by atoms with Gasteiger partial charge in [0.15, 0.2) is 0 Å². The number of amides is 1. The summed E-state index contributed by atoms with van der Waals surface area (Å²) in [5.74, 6) is -0.618. The van der Waals surface area contributed by atoms with Gasteiger partial charge < -0.3 is 25.7 Å². The van der Waals surface area contributed by atoms with Crippen molar-refractivity contribution < 1.29 is 25.2 Å². The summed E-state index contributed by atoms with van der Waals surface area (Å²) in [6, 6.07) is -1.02. The quantitative estimate of drug-likeness (QED) is 0.0319. The molecule has 0 spiro atoms. The average Bonchev–Trinajstić information content (AvgIpc) is 3.15. The highest BCUT2D eigenvalue weighted by molar-refractivity contribution is 5.80. The maximum atomic E-state index is 12.4. The molecule has 0 saturated carbocycles. The summed E-state index contributed by atoms with van der Waals surface area (Å²) in [5, 5.41) is 43.5. The lowest BCUT2D eigenvalue weighted by Gasteiger charge is -2.27. The van der Waals surface area contributed by atoms with Crippen LogP contribution in [0.5, 0.6) is 0 Å². The molecule has 304 valence electrons. The van der Waals surface area contributed by atoms with Crippen molar-refractivity contribution in [1.29, 1.82) is 0 Å². The van der Waals surface area contributed by atoms with Gasteiger partial charge in [-0.15, -0.1) is 0 Å². The van der Waals surface area contributed by atoms with E-state index in [1.54, 1.807) is 0 Å². The lowest BCUT2D eigenvalue weighted by molar-refractivity contribution is -0.132. The predicted molar refractivity (Wildman–Crippen MR) is 223 cm³/mol. The van der Waals surface area contributed by atoms with Crippen molar-refractivity contribution in [3.63, 3.8) is 0 Å². The molecule has 1 amide bonds. The molecule has 0 aromatic carbocycles. The van der Waals surface area contributed by atoms with Crippen molar-refractivity contribution in [2.75, 3.05) is 6.61 Å². The van der Waals surface area contributed by atoms with Crippen molar-refractivity contribution in [2.24, 2.45) is 0 Å². The van der Waals surface area contributed by atoms with E-state index < -0.39 is 36.9 Å². The van der Waals surface area contributed by atoms with Gasteiger partial charge in [-0.05, 0) is 89.9 Å². The molecule has 4 atom stereocenters. The van der Waals surface area contributed by atoms with Crippen LogP contribution in [-0.2, 0) is 4.79 Å². The molecular weight excluding hydrogens is 647 g/mol. The molecule has 0 aromatic heterocycles. The van der Waals surface area contributed by atoms with Gasteiger partial charge in [-0.25, -0.2) is 0 Å². The molecule has 5 N–H and O–H groups in total. The van der Waals surface area contributed by atoms with Crippen LogP contribution in [0.4, 0.5) is 0 Å². The summed E-state index contributed by atoms with van der Waals surface area (Å²) in [7, 11) is 0. The highest BCUT2D eigenvalue weighted by Gasteiger charge is 2.28. The topological polar surface area (TPSA) is 110 Å². The minimum atomic E-state index is -1.30. The Balaban J connectivity index is 3.83. The van der Waals surface area contributed by atoms with Gasteiger partial charge in [0.1, 0.15) is 12.2 Å². The fraction of sp³-hybridized carbons (Fsp3) is 0.804. The third-order valence-electron chi connectivity index (χ3n) is 9.97. The van der Waals surface area contributed by atoms with Gasteiger partial charge in [-0.3, -0.25) is 4.79 Å². The molecule has 52 heavy (non-hydrogen) atoms. The van der Waals surface area contributed by atoms with Crippen LogP contribution in [0.3, 0.4) is 0 Å². The molecule has 0 fully saturated rings. The lowest BCUT2D eigenvalue weighted by Crippen LogP contribution is -2.53. The maximum absolute atomic E-state index is 12.4. The van der Waals surface area contributed by atoms with Crippen molar-refractivity contribution in [3.05, 3.63) is 48.6 Å². The Morgan fingerprint density at radius 1 is 0.462 bits per heavy atom. The summed E-state index contributed by atoms with van der Waals surface area (Å²) in [6.07, 6.45) is 48.7. The van der Waals surface area contributed by atoms with Gasteiger partial charge in [0, 0.05) is 0 Å². The second-order valence-corrected chi connectivity index (χ2v) is 15.0. The fourth-order valence-corrected chi connectivity index (χ4v) is 6.43. The van der Waals surface area contributed by atoms with E-state index in [1.165, 1.54) is 116 Å². The van der Waals surface area contributed by atoms with E-state index in [2.05, 4.69) is 67.8 Å². The lowest BCUT2D eigenvalue weighted by atomic mass is 10.00. The predicted octanol–water partition coefficient (Wildman–Crippen LogP) is 11.5. The van der Waals surface area contributed by atoms with Crippen LogP contribution in [0.1, 0.15) is 206 Å². The van der Waals surface area contributed by atoms with Crippen molar-refractivity contribution in [2.45, 2.75) is 231 Å². The molecule has 0 heterocycles. The molecule has 0 bridgehead atoms. The molecule has 0 radical (unpaired) electrons. The summed E-state index contributed by atoms with van der Waals surface area (Å²) in [4.78, 5) is 12.4. The highest BCUT2D eigenvalue weighted by Crippen LogP contribution is 2.14. The van der Waals surface area contributed by atoms with Crippen molar-refractivity contribution in [1.82, 2.24) is 5.32 Å². The summed E-state index contributed by atoms with van der Waals surface area (Å²) >= 11 is 0. The Bertz CT molecular complexity index is 869. The number of carbonyl (C=O) groups excluding carboxylic acids is 1. The van der Waals surface area contributed by atoms with Crippen molar-refractivity contribution in [3.8, 4) is 0 Å². The molecule has 0 aromatic rings. The van der Waals surface area contributed by atoms with E-state index in [0.29, 0.717) is 25.7 Å². The number of hydrogen-bond acceptors (Lipinski definition) is 5. The minimum absolute atomic E-state index is 0.326. The van der Waals surface area contributed by atoms with E-state index in [9.17, 15) is 25.2 Å². The van der Waals surface area contributed by atoms with Gasteiger partial charge in [0.05, 0.1) is 18.8 Å². The minimum Gasteiger partial charge on any atom is -0.394 e. The molecular formula is C46H85NO5. The molecule has 6 heteroatoms. The normalized spacial score (nSPS) is 14.7. The molecule has 0 rings (SSSR count). The van der Waals surface area contributed by atoms with Crippen LogP contribution >= 0.6 is 0 Å². The average molecular weight is 732 g/mol. The first-order chi connectivity index (χ1) is 25.5. The summed E-state index contributed by atoms with van der Waals surface area (Å²) in [5.41, 5.74) is 0. The standard InChI is InChI=1S/C46H85NO5/c1-3-5-7-9-11-13-15-17-18-19-20-21-22-23-24-25-26-27-28-30-31-33-35-37-39-43(49)45(51)42(41-48)47-46(52)44(50)40-38-36-34-32-29-16-14-12-10-8-6-4-2/h22-23,26-27,29,31-33,42-45,48-51H,3-21,24-25,28,30,34-41H2,1-2H3,(H,47,52)/b23-22+,27-26+,32-29-,33-31+. The Kier molecular flexibility index (Phi) is 39.1. The van der Waals surface area contributed by atoms with E-state index in [1.807, 2.05) is 0 Å². The first-order valence-corrected chi connectivity index (χ1v) is 22.0. The van der Waals surface area contributed by atoms with E-state index in [0.717, 1.165) is 51.4 Å². The van der Waals surface area contributed by atoms with E-state index in [4.69, 9.17) is 0 Å². The van der Waals surface area contributed by atoms with E-state index in [-0.39, 0.29) is 0 Å². The number of unbranched alkanes of at least 4 members (excludes halogenated alkanes) is 22. The number of aliphatic hydroxyl groups excluding tert-OH is 4. The zero-order valence-electron chi connectivity index (χ0n) is 34.0. The zero-order valence-corrected chi connectivity index (χ0v) is 34.0. The van der Waals surface area contributed by atoms with Crippen LogP contribution in [0.2, 0.25) is 0 Å². The Labute approximate surface area is 321 Å². The first-order valence-electron chi connectivity index (χ1n) is 22.0. The van der Waals surface area contributed by atoms with Gasteiger partial charge in [-0.2, -0.15) is 0 Å². The van der Waals surface area contributed by atoms with E-state index >= 15 is 0 Å². The van der Waals surface area contributed by atoms with Gasteiger partial charge >= 0.3 is 0 Å². The maximum Gasteiger partial charge on any atom is 0.249 e. The molecule has 6 nitrogen and oxygen atoms in total. The molecule has 0 aliphatic rings. The third kappa shape index (κ3) is 34.1. The number of rotatable bonds is 39. The number of aliphatic hydroxyl groups is 4. The van der Waals surface area contributed by atoms with Crippen LogP contribution < -0.4 is 5.32 Å². The highest BCUT2D eigenvalue weighted by atomic mass is 16.3. The molecule has 0 aliphatic heterocycles. The monoisotopic (exact) mass is 732 g/mol. The summed E-state index contributed by atoms with van der Waals surface area (Å²) in [6.45, 7) is 4.00. The molecule has 4 unspecified atom stereocenters. The van der Waals surface area contributed by atoms with Crippen LogP contribution in [0, 0.1) is 0 Å². The van der Waals surface area contributed by atoms with Crippen LogP contribution in [0.15, 0.2) is 48.6 Å². The Hall–Kier alpha value is -1.73. The van der Waals surface area contributed by atoms with Gasteiger partial charge in [-0.1, -0.05) is 165 Å². The number of carbonyl (C=O) groups is 1. The molecule has 0 saturated heterocycles. The Morgan fingerprint density at radius 3 is 1.21 bits per heavy atom. The molecule has 0 aliphatic carbocycles. The first kappa shape index (κ1) is 50.3. The van der Waals surface area contributed by atoms with Crippen LogP contribution in [0.25, 0.3) is 0 Å². The Morgan fingerprint density at radius 2 is 0.808 bits per heavy atom.